The van der Waals surface area contributed by atoms with Crippen molar-refractivity contribution >= 4 is 39.6 Å². The third-order valence-electron chi connectivity index (χ3n) is 3.72. The van der Waals surface area contributed by atoms with Gasteiger partial charge in [0, 0.05) is 22.2 Å². The van der Waals surface area contributed by atoms with E-state index in [0.29, 0.717) is 11.5 Å². The lowest BCUT2D eigenvalue weighted by molar-refractivity contribution is 0.102. The summed E-state index contributed by atoms with van der Waals surface area (Å²) in [6.07, 6.45) is 1.81. The molecule has 7 heteroatoms. The van der Waals surface area contributed by atoms with Gasteiger partial charge in [-0.25, -0.2) is 9.37 Å². The van der Waals surface area contributed by atoms with Crippen molar-refractivity contribution < 1.29 is 9.18 Å². The van der Waals surface area contributed by atoms with Crippen LogP contribution < -0.4 is 5.32 Å². The molecule has 2 aromatic carbocycles. The molecule has 124 valence electrons. The number of fused-ring (bicyclic) bond motifs is 1. The molecule has 4 aromatic rings. The van der Waals surface area contributed by atoms with Gasteiger partial charge in [-0.15, -0.1) is 11.3 Å². The highest BCUT2D eigenvalue weighted by molar-refractivity contribution is 7.15. The highest BCUT2D eigenvalue weighted by atomic mass is 35.5. The van der Waals surface area contributed by atoms with Crippen LogP contribution in [0, 0.1) is 5.82 Å². The summed E-state index contributed by atoms with van der Waals surface area (Å²) in [6.45, 7) is 0. The monoisotopic (exact) mass is 371 g/mol. The Morgan fingerprint density at radius 2 is 2.00 bits per heavy atom. The van der Waals surface area contributed by atoms with Crippen molar-refractivity contribution in [2.24, 2.45) is 0 Å². The second kappa shape index (κ2) is 6.31. The van der Waals surface area contributed by atoms with Gasteiger partial charge in [-0.1, -0.05) is 41.9 Å². The first-order valence-corrected chi connectivity index (χ1v) is 8.66. The molecule has 0 atom stereocenters. The normalized spacial score (nSPS) is 11.0. The number of halogens is 2. The molecule has 0 aliphatic rings. The van der Waals surface area contributed by atoms with Crippen LogP contribution in [0.15, 0.2) is 60.1 Å². The Hall–Kier alpha value is -2.70. The Labute approximate surface area is 151 Å². The van der Waals surface area contributed by atoms with Crippen molar-refractivity contribution in [1.82, 2.24) is 9.38 Å². The number of imidazole rings is 1. The maximum Gasteiger partial charge on any atom is 0.259 e. The summed E-state index contributed by atoms with van der Waals surface area (Å²) in [5.41, 5.74) is 1.43. The van der Waals surface area contributed by atoms with E-state index in [4.69, 9.17) is 11.6 Å². The molecule has 0 unspecified atom stereocenters. The molecule has 0 spiro atoms. The van der Waals surface area contributed by atoms with Gasteiger partial charge in [-0.3, -0.25) is 9.20 Å². The fraction of sp³-hybridized carbons (Fsp3) is 0. The minimum atomic E-state index is -0.669. The molecule has 4 rings (SSSR count). The van der Waals surface area contributed by atoms with Gasteiger partial charge in [0.25, 0.3) is 5.91 Å². The average molecular weight is 372 g/mol. The Balaban J connectivity index is 1.78. The Bertz CT molecular complexity index is 1070. The molecule has 2 heterocycles. The Kier molecular flexibility index (Phi) is 3.99. The minimum Gasteiger partial charge on any atom is -0.306 e. The highest BCUT2D eigenvalue weighted by Crippen LogP contribution is 2.31. The lowest BCUT2D eigenvalue weighted by Crippen LogP contribution is -2.15. The largest absolute Gasteiger partial charge is 0.306 e. The molecule has 25 heavy (non-hydrogen) atoms. The Morgan fingerprint density at radius 3 is 2.76 bits per heavy atom. The maximum absolute atomic E-state index is 14.0. The van der Waals surface area contributed by atoms with E-state index >= 15 is 0 Å². The molecule has 0 aliphatic carbocycles. The van der Waals surface area contributed by atoms with Crippen molar-refractivity contribution in [1.29, 1.82) is 0 Å². The van der Waals surface area contributed by atoms with Crippen molar-refractivity contribution in [3.63, 3.8) is 0 Å². The number of carbonyl (C=O) groups excluding carboxylic acids is 1. The number of rotatable bonds is 3. The van der Waals surface area contributed by atoms with Crippen LogP contribution in [-0.4, -0.2) is 15.3 Å². The van der Waals surface area contributed by atoms with Crippen LogP contribution in [0.3, 0.4) is 0 Å². The van der Waals surface area contributed by atoms with Crippen LogP contribution in [0.1, 0.15) is 10.4 Å². The molecular weight excluding hydrogens is 361 g/mol. The molecule has 0 saturated heterocycles. The number of hydrogen-bond acceptors (Lipinski definition) is 3. The van der Waals surface area contributed by atoms with E-state index in [1.807, 2.05) is 41.9 Å². The Morgan fingerprint density at radius 1 is 1.20 bits per heavy atom. The topological polar surface area (TPSA) is 46.4 Å². The second-order valence-electron chi connectivity index (χ2n) is 5.31. The molecule has 4 nitrogen and oxygen atoms in total. The third kappa shape index (κ3) is 2.90. The predicted octanol–water partition coefficient (Wildman–Crippen LogP) is 5.11. The highest BCUT2D eigenvalue weighted by Gasteiger charge is 2.19. The van der Waals surface area contributed by atoms with Gasteiger partial charge in [0.05, 0.1) is 5.56 Å². The number of nitrogens with one attached hydrogen (secondary N) is 1. The summed E-state index contributed by atoms with van der Waals surface area (Å²) in [5.74, 6) is -0.724. The molecule has 0 saturated carbocycles. The molecule has 0 aliphatic heterocycles. The van der Waals surface area contributed by atoms with E-state index in [1.54, 1.807) is 4.40 Å². The van der Waals surface area contributed by atoms with E-state index in [1.165, 1.54) is 23.5 Å². The number of aromatic nitrogens is 2. The van der Waals surface area contributed by atoms with E-state index in [-0.39, 0.29) is 10.6 Å². The number of amides is 1. The summed E-state index contributed by atoms with van der Waals surface area (Å²) >= 11 is 7.20. The minimum absolute atomic E-state index is 0.0754. The third-order valence-corrected chi connectivity index (χ3v) is 4.71. The average Bonchev–Trinajstić information content (AvgIpc) is 3.18. The molecule has 0 bridgehead atoms. The molecule has 1 N–H and O–H groups in total. The quantitative estimate of drug-likeness (QED) is 0.544. The van der Waals surface area contributed by atoms with Crippen LogP contribution in [0.2, 0.25) is 5.02 Å². The standard InChI is InChI=1S/C18H11ClFN3OS/c19-12-6-7-13(14(20)10-12)17(24)22-16-15(11-4-2-1-3-5-11)21-18-23(16)8-9-25-18/h1-10H,(H,22,24). The zero-order chi connectivity index (χ0) is 17.4. The van der Waals surface area contributed by atoms with Gasteiger partial charge in [-0.2, -0.15) is 0 Å². The molecule has 2 aromatic heterocycles. The van der Waals surface area contributed by atoms with E-state index in [9.17, 15) is 9.18 Å². The van der Waals surface area contributed by atoms with Crippen LogP contribution >= 0.6 is 22.9 Å². The van der Waals surface area contributed by atoms with Crippen molar-refractivity contribution in [3.8, 4) is 11.3 Å². The lowest BCUT2D eigenvalue weighted by Gasteiger charge is -2.08. The van der Waals surface area contributed by atoms with Gasteiger partial charge in [0.2, 0.25) is 0 Å². The van der Waals surface area contributed by atoms with Crippen molar-refractivity contribution in [2.75, 3.05) is 5.32 Å². The number of nitrogens with zero attached hydrogens (tertiary/aromatic N) is 2. The van der Waals surface area contributed by atoms with E-state index in [0.717, 1.165) is 16.6 Å². The summed E-state index contributed by atoms with van der Waals surface area (Å²) in [7, 11) is 0. The fourth-order valence-electron chi connectivity index (χ4n) is 2.55. The van der Waals surface area contributed by atoms with Crippen molar-refractivity contribution in [2.45, 2.75) is 0 Å². The summed E-state index contributed by atoms with van der Waals surface area (Å²) in [4.78, 5) is 17.9. The molecule has 0 fully saturated rings. The summed E-state index contributed by atoms with van der Waals surface area (Å²) in [6, 6.07) is 13.5. The van der Waals surface area contributed by atoms with Gasteiger partial charge in [-0.05, 0) is 18.2 Å². The fourth-order valence-corrected chi connectivity index (χ4v) is 3.42. The van der Waals surface area contributed by atoms with Crippen LogP contribution in [0.5, 0.6) is 0 Å². The smallest absolute Gasteiger partial charge is 0.259 e. The van der Waals surface area contributed by atoms with Gasteiger partial charge < -0.3 is 5.32 Å². The van der Waals surface area contributed by atoms with Gasteiger partial charge >= 0.3 is 0 Å². The van der Waals surface area contributed by atoms with Gasteiger partial charge in [0.15, 0.2) is 4.96 Å². The van der Waals surface area contributed by atoms with Crippen LogP contribution in [-0.2, 0) is 0 Å². The van der Waals surface area contributed by atoms with E-state index < -0.39 is 11.7 Å². The number of anilines is 1. The first-order chi connectivity index (χ1) is 12.1. The van der Waals surface area contributed by atoms with Gasteiger partial charge in [0.1, 0.15) is 17.3 Å². The second-order valence-corrected chi connectivity index (χ2v) is 6.62. The predicted molar refractivity (Wildman–Crippen MR) is 97.9 cm³/mol. The zero-order valence-corrected chi connectivity index (χ0v) is 14.3. The molecular formula is C18H11ClFN3OS. The summed E-state index contributed by atoms with van der Waals surface area (Å²) in [5, 5.41) is 4.89. The number of carbonyl (C=O) groups is 1. The van der Waals surface area contributed by atoms with E-state index in [2.05, 4.69) is 10.3 Å². The lowest BCUT2D eigenvalue weighted by atomic mass is 10.1. The van der Waals surface area contributed by atoms with Crippen LogP contribution in [0.25, 0.3) is 16.2 Å². The summed E-state index contributed by atoms with van der Waals surface area (Å²) < 4.78 is 15.8. The number of hydrogen-bond donors (Lipinski definition) is 1. The number of thiazole rings is 1. The first kappa shape index (κ1) is 15.8. The maximum atomic E-state index is 14.0. The number of benzene rings is 2. The van der Waals surface area contributed by atoms with Crippen LogP contribution in [0.4, 0.5) is 10.2 Å². The van der Waals surface area contributed by atoms with Crippen molar-refractivity contribution in [3.05, 3.63) is 76.5 Å². The first-order valence-electron chi connectivity index (χ1n) is 7.41. The SMILES string of the molecule is O=C(Nc1c(-c2ccccc2)nc2sccn12)c1ccc(Cl)cc1F. The zero-order valence-electron chi connectivity index (χ0n) is 12.7. The molecule has 0 radical (unpaired) electrons. The molecule has 1 amide bonds.